The first-order chi connectivity index (χ1) is 7.27. The Kier molecular flexibility index (Phi) is 5.26. The van der Waals surface area contributed by atoms with Crippen LogP contribution in [0.15, 0.2) is 34.3 Å². The van der Waals surface area contributed by atoms with Gasteiger partial charge in [0, 0.05) is 11.9 Å². The zero-order chi connectivity index (χ0) is 11.1. The second-order valence-corrected chi connectivity index (χ2v) is 4.46. The van der Waals surface area contributed by atoms with Crippen LogP contribution in [0.5, 0.6) is 0 Å². The van der Waals surface area contributed by atoms with E-state index in [0.29, 0.717) is 0 Å². The van der Waals surface area contributed by atoms with Crippen molar-refractivity contribution in [3.63, 3.8) is 0 Å². The largest absolute Gasteiger partial charge is 0.313 e. The molecule has 1 N–H and O–H groups in total. The fraction of sp³-hybridized carbons (Fsp3) is 0.417. The first-order valence-corrected chi connectivity index (χ1v) is 6.20. The van der Waals surface area contributed by atoms with Crippen LogP contribution < -0.4 is 5.43 Å². The molecule has 1 aromatic carbocycles. The van der Waals surface area contributed by atoms with E-state index in [1.165, 1.54) is 22.6 Å². The number of hydrogen-bond acceptors (Lipinski definition) is 3. The van der Waals surface area contributed by atoms with Crippen molar-refractivity contribution in [1.29, 1.82) is 0 Å². The average molecular weight is 222 g/mol. The molecule has 82 valence electrons. The predicted octanol–water partition coefficient (Wildman–Crippen LogP) is 3.13. The van der Waals surface area contributed by atoms with Crippen molar-refractivity contribution in [3.8, 4) is 0 Å². The number of rotatable bonds is 5. The Morgan fingerprint density at radius 1 is 1.33 bits per heavy atom. The third kappa shape index (κ3) is 3.96. The number of nitrogens with one attached hydrogen (secondary N) is 1. The van der Waals surface area contributed by atoms with Crippen LogP contribution in [-0.2, 0) is 0 Å². The Morgan fingerprint density at radius 3 is 2.53 bits per heavy atom. The third-order valence-corrected chi connectivity index (χ3v) is 3.24. The fourth-order valence-electron chi connectivity index (χ4n) is 1.24. The van der Waals surface area contributed by atoms with E-state index < -0.39 is 0 Å². The highest BCUT2D eigenvalue weighted by Crippen LogP contribution is 2.19. The molecular formula is C12H18N2S. The van der Waals surface area contributed by atoms with E-state index in [4.69, 9.17) is 0 Å². The average Bonchev–Trinajstić information content (AvgIpc) is 2.27. The number of hydrogen-bond donors (Lipinski definition) is 1. The zero-order valence-corrected chi connectivity index (χ0v) is 10.4. The molecule has 0 bridgehead atoms. The van der Waals surface area contributed by atoms with Gasteiger partial charge in [0.05, 0.1) is 5.71 Å². The van der Waals surface area contributed by atoms with Crippen LogP contribution in [0, 0.1) is 0 Å². The molecule has 15 heavy (non-hydrogen) atoms. The van der Waals surface area contributed by atoms with Crippen molar-refractivity contribution in [2.24, 2.45) is 5.10 Å². The van der Waals surface area contributed by atoms with Crippen LogP contribution in [0.25, 0.3) is 0 Å². The molecule has 1 aromatic rings. The monoisotopic (exact) mass is 222 g/mol. The molecule has 0 aliphatic rings. The van der Waals surface area contributed by atoms with Gasteiger partial charge in [0.25, 0.3) is 0 Å². The van der Waals surface area contributed by atoms with E-state index in [9.17, 15) is 0 Å². The molecule has 0 amide bonds. The van der Waals surface area contributed by atoms with Gasteiger partial charge in [-0.2, -0.15) is 5.10 Å². The zero-order valence-electron chi connectivity index (χ0n) is 9.58. The van der Waals surface area contributed by atoms with Crippen molar-refractivity contribution in [3.05, 3.63) is 29.8 Å². The van der Waals surface area contributed by atoms with Crippen LogP contribution in [0.1, 0.15) is 25.8 Å². The highest BCUT2D eigenvalue weighted by Gasteiger charge is 1.97. The minimum atomic E-state index is 1.02. The number of thioether (sulfide) groups is 1. The van der Waals surface area contributed by atoms with Crippen LogP contribution >= 0.6 is 11.8 Å². The Labute approximate surface area is 96.2 Å². The van der Waals surface area contributed by atoms with Crippen LogP contribution in [0.4, 0.5) is 0 Å². The van der Waals surface area contributed by atoms with Crippen LogP contribution in [-0.4, -0.2) is 18.5 Å². The quantitative estimate of drug-likeness (QED) is 0.470. The van der Waals surface area contributed by atoms with E-state index in [-0.39, 0.29) is 0 Å². The molecule has 0 saturated carbocycles. The lowest BCUT2D eigenvalue weighted by molar-refractivity contribution is 0.899. The van der Waals surface area contributed by atoms with E-state index in [1.54, 1.807) is 0 Å². The fourth-order valence-corrected chi connectivity index (χ4v) is 2.01. The third-order valence-electron chi connectivity index (χ3n) is 2.02. The number of benzene rings is 1. The van der Waals surface area contributed by atoms with Gasteiger partial charge in [-0.05, 0) is 36.8 Å². The molecule has 1 rings (SSSR count). The Bertz CT molecular complexity index is 317. The van der Waals surface area contributed by atoms with E-state index in [1.807, 2.05) is 25.7 Å². The minimum Gasteiger partial charge on any atom is -0.313 e. The minimum absolute atomic E-state index is 1.02. The van der Waals surface area contributed by atoms with Crippen LogP contribution in [0.3, 0.4) is 0 Å². The maximum absolute atomic E-state index is 4.15. The predicted molar refractivity (Wildman–Crippen MR) is 68.7 cm³/mol. The summed E-state index contributed by atoms with van der Waals surface area (Å²) >= 11 is 1.90. The lowest BCUT2D eigenvalue weighted by atomic mass is 10.1. The van der Waals surface area contributed by atoms with Gasteiger partial charge in [-0.15, -0.1) is 11.8 Å². The van der Waals surface area contributed by atoms with Gasteiger partial charge in [0.2, 0.25) is 0 Å². The first kappa shape index (κ1) is 12.1. The normalized spacial score (nSPS) is 11.5. The molecule has 0 fully saturated rings. The summed E-state index contributed by atoms with van der Waals surface area (Å²) in [6, 6.07) is 8.55. The SMILES string of the molecule is CCCSc1ccc(/C(C)=N/NC)cc1. The first-order valence-electron chi connectivity index (χ1n) is 5.22. The van der Waals surface area contributed by atoms with Gasteiger partial charge in [0.15, 0.2) is 0 Å². The molecule has 0 aliphatic heterocycles. The maximum atomic E-state index is 4.15. The summed E-state index contributed by atoms with van der Waals surface area (Å²) in [5.74, 6) is 1.18. The highest BCUT2D eigenvalue weighted by molar-refractivity contribution is 7.99. The Morgan fingerprint density at radius 2 is 2.00 bits per heavy atom. The molecule has 2 nitrogen and oxygen atoms in total. The molecule has 0 radical (unpaired) electrons. The van der Waals surface area contributed by atoms with Gasteiger partial charge in [0.1, 0.15) is 0 Å². The summed E-state index contributed by atoms with van der Waals surface area (Å²) < 4.78 is 0. The molecule has 0 atom stereocenters. The molecule has 0 unspecified atom stereocenters. The molecule has 0 spiro atoms. The number of hydrazone groups is 1. The topological polar surface area (TPSA) is 24.4 Å². The molecular weight excluding hydrogens is 204 g/mol. The van der Waals surface area contributed by atoms with Crippen molar-refractivity contribution in [2.75, 3.05) is 12.8 Å². The molecule has 0 aromatic heterocycles. The molecule has 0 saturated heterocycles. The maximum Gasteiger partial charge on any atom is 0.0644 e. The molecule has 0 heterocycles. The number of nitrogens with zero attached hydrogens (tertiary/aromatic N) is 1. The molecule has 3 heteroatoms. The van der Waals surface area contributed by atoms with E-state index in [2.05, 4.69) is 41.7 Å². The van der Waals surface area contributed by atoms with E-state index in [0.717, 1.165) is 5.71 Å². The molecule has 0 aliphatic carbocycles. The smallest absolute Gasteiger partial charge is 0.0644 e. The van der Waals surface area contributed by atoms with Crippen molar-refractivity contribution in [2.45, 2.75) is 25.2 Å². The Balaban J connectivity index is 2.67. The lowest BCUT2D eigenvalue weighted by Crippen LogP contribution is -2.02. The second kappa shape index (κ2) is 6.51. The van der Waals surface area contributed by atoms with Gasteiger partial charge >= 0.3 is 0 Å². The summed E-state index contributed by atoms with van der Waals surface area (Å²) in [5, 5.41) is 4.15. The van der Waals surface area contributed by atoms with Crippen molar-refractivity contribution in [1.82, 2.24) is 5.43 Å². The van der Waals surface area contributed by atoms with Gasteiger partial charge in [-0.25, -0.2) is 0 Å². The van der Waals surface area contributed by atoms with Crippen molar-refractivity contribution < 1.29 is 0 Å². The van der Waals surface area contributed by atoms with Crippen LogP contribution in [0.2, 0.25) is 0 Å². The van der Waals surface area contributed by atoms with Gasteiger partial charge in [-0.3, -0.25) is 0 Å². The van der Waals surface area contributed by atoms with E-state index >= 15 is 0 Å². The summed E-state index contributed by atoms with van der Waals surface area (Å²) in [5.41, 5.74) is 4.99. The highest BCUT2D eigenvalue weighted by atomic mass is 32.2. The Hall–Kier alpha value is -0.960. The summed E-state index contributed by atoms with van der Waals surface area (Å²) in [6.45, 7) is 4.20. The van der Waals surface area contributed by atoms with Gasteiger partial charge < -0.3 is 5.43 Å². The standard InChI is InChI=1S/C12H18N2S/c1-4-9-15-12-7-5-11(6-8-12)10(2)14-13-3/h5-8,13H,4,9H2,1-3H3/b14-10+. The summed E-state index contributed by atoms with van der Waals surface area (Å²) in [6.07, 6.45) is 1.21. The second-order valence-electron chi connectivity index (χ2n) is 3.29. The summed E-state index contributed by atoms with van der Waals surface area (Å²) in [4.78, 5) is 1.33. The summed E-state index contributed by atoms with van der Waals surface area (Å²) in [7, 11) is 1.81. The van der Waals surface area contributed by atoms with Gasteiger partial charge in [-0.1, -0.05) is 19.1 Å². The van der Waals surface area contributed by atoms with Crippen molar-refractivity contribution >= 4 is 17.5 Å². The lowest BCUT2D eigenvalue weighted by Gasteiger charge is -2.03.